The van der Waals surface area contributed by atoms with Crippen LogP contribution in [0.5, 0.6) is 0 Å². The summed E-state index contributed by atoms with van der Waals surface area (Å²) in [6.07, 6.45) is 1.90. The Bertz CT molecular complexity index is 581. The number of nitrogens with zero attached hydrogens (tertiary/aromatic N) is 2. The zero-order valence-electron chi connectivity index (χ0n) is 10.2. The number of rotatable bonds is 4. The minimum Gasteiger partial charge on any atom is -0.342 e. The van der Waals surface area contributed by atoms with Crippen LogP contribution < -0.4 is 5.32 Å². The number of halogens is 1. The fraction of sp³-hybridized carbons (Fsp3) is 0.214. The third kappa shape index (κ3) is 2.76. The monoisotopic (exact) mass is 243 g/mol. The maximum atomic E-state index is 13.4. The Morgan fingerprint density at radius 3 is 2.78 bits per heavy atom. The summed E-state index contributed by atoms with van der Waals surface area (Å²) in [7, 11) is 1.83. The molecule has 0 unspecified atom stereocenters. The minimum atomic E-state index is -0.198. The van der Waals surface area contributed by atoms with Crippen molar-refractivity contribution in [3.8, 4) is 6.07 Å². The molecule has 18 heavy (non-hydrogen) atoms. The molecule has 0 aliphatic heterocycles. The predicted molar refractivity (Wildman–Crippen MR) is 67.1 cm³/mol. The average Bonchev–Trinajstić information content (AvgIpc) is 2.72. The van der Waals surface area contributed by atoms with Crippen molar-refractivity contribution in [3.05, 3.63) is 59.2 Å². The van der Waals surface area contributed by atoms with E-state index in [1.54, 1.807) is 16.7 Å². The highest BCUT2D eigenvalue weighted by Crippen LogP contribution is 2.08. The molecule has 2 aromatic rings. The van der Waals surface area contributed by atoms with Gasteiger partial charge in [-0.25, -0.2) is 4.39 Å². The quantitative estimate of drug-likeness (QED) is 0.895. The van der Waals surface area contributed by atoms with Gasteiger partial charge in [0.1, 0.15) is 17.6 Å². The number of nitriles is 1. The summed E-state index contributed by atoms with van der Waals surface area (Å²) in [5, 5.41) is 12.0. The van der Waals surface area contributed by atoms with E-state index < -0.39 is 0 Å². The van der Waals surface area contributed by atoms with Gasteiger partial charge in [-0.2, -0.15) is 5.26 Å². The first kappa shape index (κ1) is 12.3. The molecule has 0 aliphatic rings. The van der Waals surface area contributed by atoms with E-state index in [0.29, 0.717) is 24.3 Å². The van der Waals surface area contributed by atoms with E-state index in [4.69, 9.17) is 5.26 Å². The molecule has 0 saturated heterocycles. The highest BCUT2D eigenvalue weighted by Gasteiger charge is 2.03. The summed E-state index contributed by atoms with van der Waals surface area (Å²) in [6, 6.07) is 10.6. The van der Waals surface area contributed by atoms with Crippen molar-refractivity contribution >= 4 is 0 Å². The summed E-state index contributed by atoms with van der Waals surface area (Å²) in [6.45, 7) is 1.09. The highest BCUT2D eigenvalue weighted by molar-refractivity contribution is 5.28. The molecule has 0 amide bonds. The van der Waals surface area contributed by atoms with Crippen LogP contribution in [0, 0.1) is 17.1 Å². The Hall–Kier alpha value is -2.12. The van der Waals surface area contributed by atoms with E-state index >= 15 is 0 Å². The van der Waals surface area contributed by atoms with E-state index in [-0.39, 0.29) is 5.82 Å². The van der Waals surface area contributed by atoms with Crippen molar-refractivity contribution in [3.63, 3.8) is 0 Å². The molecule has 0 spiro atoms. The Balaban J connectivity index is 1.93. The third-order valence-electron chi connectivity index (χ3n) is 2.78. The summed E-state index contributed by atoms with van der Waals surface area (Å²) >= 11 is 0. The second kappa shape index (κ2) is 5.48. The average molecular weight is 243 g/mol. The molecule has 0 atom stereocenters. The van der Waals surface area contributed by atoms with Crippen LogP contribution in [-0.4, -0.2) is 4.57 Å². The number of aryl methyl sites for hydroxylation is 1. The second-order valence-corrected chi connectivity index (χ2v) is 4.15. The Morgan fingerprint density at radius 1 is 1.33 bits per heavy atom. The van der Waals surface area contributed by atoms with Crippen LogP contribution in [0.15, 0.2) is 36.5 Å². The largest absolute Gasteiger partial charge is 0.342 e. The SMILES string of the molecule is Cn1cc(CNCc2ccccc2F)cc1C#N. The van der Waals surface area contributed by atoms with Gasteiger partial charge in [-0.15, -0.1) is 0 Å². The topological polar surface area (TPSA) is 40.8 Å². The van der Waals surface area contributed by atoms with E-state index in [1.165, 1.54) is 6.07 Å². The van der Waals surface area contributed by atoms with Gasteiger partial charge >= 0.3 is 0 Å². The van der Waals surface area contributed by atoms with Gasteiger partial charge in [-0.05, 0) is 17.7 Å². The maximum absolute atomic E-state index is 13.4. The standard InChI is InChI=1S/C14H14FN3/c1-18-10-11(6-13(18)7-16)8-17-9-12-4-2-3-5-14(12)15/h2-6,10,17H,8-9H2,1H3. The van der Waals surface area contributed by atoms with Crippen molar-refractivity contribution in [1.29, 1.82) is 5.26 Å². The molecule has 1 heterocycles. The van der Waals surface area contributed by atoms with Crippen molar-refractivity contribution in [2.24, 2.45) is 7.05 Å². The summed E-state index contributed by atoms with van der Waals surface area (Å²) < 4.78 is 15.1. The zero-order valence-corrected chi connectivity index (χ0v) is 10.2. The van der Waals surface area contributed by atoms with E-state index in [0.717, 1.165) is 5.56 Å². The molecule has 0 fully saturated rings. The molecule has 2 rings (SSSR count). The van der Waals surface area contributed by atoms with E-state index in [9.17, 15) is 4.39 Å². The van der Waals surface area contributed by atoms with Crippen LogP contribution in [0.1, 0.15) is 16.8 Å². The van der Waals surface area contributed by atoms with Gasteiger partial charge < -0.3 is 9.88 Å². The van der Waals surface area contributed by atoms with Crippen LogP contribution in [0.25, 0.3) is 0 Å². The molecule has 1 N–H and O–H groups in total. The van der Waals surface area contributed by atoms with Crippen molar-refractivity contribution in [1.82, 2.24) is 9.88 Å². The molecular formula is C14H14FN3. The Kier molecular flexibility index (Phi) is 3.75. The fourth-order valence-electron chi connectivity index (χ4n) is 1.82. The van der Waals surface area contributed by atoms with Crippen molar-refractivity contribution in [2.75, 3.05) is 0 Å². The highest BCUT2D eigenvalue weighted by atomic mass is 19.1. The molecular weight excluding hydrogens is 229 g/mol. The molecule has 0 bridgehead atoms. The number of nitrogens with one attached hydrogen (secondary N) is 1. The van der Waals surface area contributed by atoms with Gasteiger partial charge in [-0.3, -0.25) is 0 Å². The van der Waals surface area contributed by atoms with Crippen LogP contribution in [0.3, 0.4) is 0 Å². The van der Waals surface area contributed by atoms with Gasteiger partial charge in [0.15, 0.2) is 0 Å². The van der Waals surface area contributed by atoms with Crippen LogP contribution >= 0.6 is 0 Å². The molecule has 0 radical (unpaired) electrons. The first-order valence-corrected chi connectivity index (χ1v) is 5.70. The molecule has 1 aromatic carbocycles. The summed E-state index contributed by atoms with van der Waals surface area (Å²) in [4.78, 5) is 0. The van der Waals surface area contributed by atoms with E-state index in [1.807, 2.05) is 25.4 Å². The van der Waals surface area contributed by atoms with Gasteiger partial charge in [-0.1, -0.05) is 18.2 Å². The third-order valence-corrected chi connectivity index (χ3v) is 2.78. The first-order valence-electron chi connectivity index (χ1n) is 5.70. The molecule has 3 nitrogen and oxygen atoms in total. The summed E-state index contributed by atoms with van der Waals surface area (Å²) in [5.74, 6) is -0.198. The van der Waals surface area contributed by atoms with Gasteiger partial charge in [0.05, 0.1) is 0 Å². The molecule has 0 saturated carbocycles. The fourth-order valence-corrected chi connectivity index (χ4v) is 1.82. The van der Waals surface area contributed by atoms with Crippen LogP contribution in [0.4, 0.5) is 4.39 Å². The lowest BCUT2D eigenvalue weighted by atomic mass is 10.2. The lowest BCUT2D eigenvalue weighted by Crippen LogP contribution is -2.13. The minimum absolute atomic E-state index is 0.198. The van der Waals surface area contributed by atoms with Gasteiger partial charge in [0.25, 0.3) is 0 Å². The number of hydrogen-bond acceptors (Lipinski definition) is 2. The normalized spacial score (nSPS) is 10.3. The number of hydrogen-bond donors (Lipinski definition) is 1. The van der Waals surface area contributed by atoms with Crippen LogP contribution in [0.2, 0.25) is 0 Å². The molecule has 4 heteroatoms. The Morgan fingerprint density at radius 2 is 2.11 bits per heavy atom. The number of benzene rings is 1. The second-order valence-electron chi connectivity index (χ2n) is 4.15. The van der Waals surface area contributed by atoms with Crippen molar-refractivity contribution < 1.29 is 4.39 Å². The van der Waals surface area contributed by atoms with Crippen LogP contribution in [-0.2, 0) is 20.1 Å². The zero-order chi connectivity index (χ0) is 13.0. The smallest absolute Gasteiger partial charge is 0.127 e. The maximum Gasteiger partial charge on any atom is 0.127 e. The lowest BCUT2D eigenvalue weighted by molar-refractivity contribution is 0.588. The predicted octanol–water partition coefficient (Wildman–Crippen LogP) is 2.33. The molecule has 0 aliphatic carbocycles. The first-order chi connectivity index (χ1) is 8.70. The lowest BCUT2D eigenvalue weighted by Gasteiger charge is -2.04. The number of aromatic nitrogens is 1. The Labute approximate surface area is 105 Å². The summed E-state index contributed by atoms with van der Waals surface area (Å²) in [5.41, 5.74) is 2.29. The van der Waals surface area contributed by atoms with Gasteiger partial charge in [0.2, 0.25) is 0 Å². The molecule has 1 aromatic heterocycles. The van der Waals surface area contributed by atoms with Crippen molar-refractivity contribution in [2.45, 2.75) is 13.1 Å². The van der Waals surface area contributed by atoms with Gasteiger partial charge in [0, 0.05) is 31.9 Å². The molecule has 92 valence electrons. The van der Waals surface area contributed by atoms with E-state index in [2.05, 4.69) is 11.4 Å².